The standard InChI is InChI=1S/C20H18N4O3/c25-18(17-13-24-10-9-21-19(26)23-20(24)27-17)22-16-8-4-7-15(12-16)11-14-5-2-1-3-6-14/h1-8,12-13H,9-11H2,(H,21,26)(H,22,25). The molecule has 136 valence electrons. The highest BCUT2D eigenvalue weighted by atomic mass is 16.5. The molecule has 0 spiro atoms. The van der Waals surface area contributed by atoms with Crippen LogP contribution in [0.5, 0.6) is 0 Å². The van der Waals surface area contributed by atoms with Crippen molar-refractivity contribution in [2.45, 2.75) is 6.42 Å². The van der Waals surface area contributed by atoms with Gasteiger partial charge in [0.1, 0.15) is 0 Å². The topological polar surface area (TPSA) is 83.0 Å². The fourth-order valence-electron chi connectivity index (χ4n) is 2.93. The molecule has 7 nitrogen and oxygen atoms in total. The lowest BCUT2D eigenvalue weighted by Crippen LogP contribution is -2.27. The van der Waals surface area contributed by atoms with Crippen LogP contribution in [0.25, 0.3) is 0 Å². The first kappa shape index (κ1) is 16.8. The van der Waals surface area contributed by atoms with E-state index in [1.54, 1.807) is 11.1 Å². The van der Waals surface area contributed by atoms with E-state index < -0.39 is 6.03 Å². The summed E-state index contributed by atoms with van der Waals surface area (Å²) in [5.74, 6) is -0.278. The minimum Gasteiger partial charge on any atom is -0.418 e. The summed E-state index contributed by atoms with van der Waals surface area (Å²) < 4.78 is 5.44. The number of hydrogen-bond donors (Lipinski definition) is 2. The van der Waals surface area contributed by atoms with Crippen LogP contribution in [0.3, 0.4) is 0 Å². The first-order chi connectivity index (χ1) is 13.2. The molecule has 7 heteroatoms. The normalized spacial score (nSPS) is 15.7. The summed E-state index contributed by atoms with van der Waals surface area (Å²) in [6, 6.07) is 17.5. The van der Waals surface area contributed by atoms with Crippen LogP contribution in [0.15, 0.2) is 71.5 Å². The van der Waals surface area contributed by atoms with Crippen LogP contribution in [0.1, 0.15) is 11.1 Å². The first-order valence-electron chi connectivity index (χ1n) is 8.64. The Morgan fingerprint density at radius 1 is 1.15 bits per heavy atom. The Bertz CT molecular complexity index is 937. The number of aliphatic imine (C=N–C) groups is 1. The maximum absolute atomic E-state index is 12.5. The SMILES string of the molecule is O=C1N=C2OC(C(=O)Nc3cccc(Cc4ccccc4)c3)=CN2CCN1. The Kier molecular flexibility index (Phi) is 4.57. The molecule has 2 aromatic carbocycles. The zero-order valence-electron chi connectivity index (χ0n) is 14.5. The molecular weight excluding hydrogens is 344 g/mol. The van der Waals surface area contributed by atoms with Gasteiger partial charge in [0.05, 0.1) is 6.20 Å². The van der Waals surface area contributed by atoms with Crippen molar-refractivity contribution in [1.29, 1.82) is 0 Å². The third-order valence-corrected chi connectivity index (χ3v) is 4.21. The number of carbonyl (C=O) groups excluding carboxylic acids is 2. The van der Waals surface area contributed by atoms with Gasteiger partial charge in [-0.3, -0.25) is 9.69 Å². The molecule has 0 atom stereocenters. The minimum atomic E-state index is -0.476. The number of carbonyl (C=O) groups is 2. The number of amidine groups is 1. The van der Waals surface area contributed by atoms with Crippen molar-refractivity contribution in [2.24, 2.45) is 4.99 Å². The van der Waals surface area contributed by atoms with E-state index >= 15 is 0 Å². The number of nitrogens with zero attached hydrogens (tertiary/aromatic N) is 2. The van der Waals surface area contributed by atoms with Crippen molar-refractivity contribution >= 4 is 23.6 Å². The van der Waals surface area contributed by atoms with Gasteiger partial charge < -0.3 is 15.4 Å². The van der Waals surface area contributed by atoms with Gasteiger partial charge in [-0.1, -0.05) is 42.5 Å². The van der Waals surface area contributed by atoms with Gasteiger partial charge in [-0.05, 0) is 29.7 Å². The molecule has 27 heavy (non-hydrogen) atoms. The van der Waals surface area contributed by atoms with E-state index in [2.05, 4.69) is 27.8 Å². The molecule has 4 rings (SSSR count). The number of benzene rings is 2. The number of nitrogens with one attached hydrogen (secondary N) is 2. The number of hydrogen-bond acceptors (Lipinski definition) is 4. The van der Waals surface area contributed by atoms with Gasteiger partial charge in [0.25, 0.3) is 5.91 Å². The molecule has 0 bridgehead atoms. The molecule has 2 aliphatic rings. The molecule has 2 aromatic rings. The molecule has 2 aliphatic heterocycles. The molecule has 0 saturated heterocycles. The molecule has 0 aliphatic carbocycles. The lowest BCUT2D eigenvalue weighted by molar-refractivity contribution is -0.114. The summed E-state index contributed by atoms with van der Waals surface area (Å²) in [5, 5.41) is 5.44. The Morgan fingerprint density at radius 3 is 2.81 bits per heavy atom. The van der Waals surface area contributed by atoms with Gasteiger partial charge in [-0.2, -0.15) is 0 Å². The zero-order valence-corrected chi connectivity index (χ0v) is 14.5. The lowest BCUT2D eigenvalue weighted by Gasteiger charge is -2.09. The average molecular weight is 362 g/mol. The predicted molar refractivity (Wildman–Crippen MR) is 101 cm³/mol. The van der Waals surface area contributed by atoms with Crippen molar-refractivity contribution in [3.63, 3.8) is 0 Å². The third-order valence-electron chi connectivity index (χ3n) is 4.21. The van der Waals surface area contributed by atoms with E-state index in [1.807, 2.05) is 42.5 Å². The number of anilines is 1. The molecule has 2 heterocycles. The Labute approximate surface area is 156 Å². The Balaban J connectivity index is 1.44. The molecule has 3 amide bonds. The van der Waals surface area contributed by atoms with Gasteiger partial charge in [-0.15, -0.1) is 4.99 Å². The monoisotopic (exact) mass is 362 g/mol. The second-order valence-electron chi connectivity index (χ2n) is 6.23. The van der Waals surface area contributed by atoms with E-state index in [0.29, 0.717) is 18.8 Å². The first-order valence-corrected chi connectivity index (χ1v) is 8.64. The fourth-order valence-corrected chi connectivity index (χ4v) is 2.93. The van der Waals surface area contributed by atoms with Crippen molar-refractivity contribution in [3.8, 4) is 0 Å². The second-order valence-corrected chi connectivity index (χ2v) is 6.23. The van der Waals surface area contributed by atoms with Gasteiger partial charge in [0.2, 0.25) is 5.76 Å². The highest BCUT2D eigenvalue weighted by molar-refractivity contribution is 6.06. The van der Waals surface area contributed by atoms with Crippen LogP contribution in [0.2, 0.25) is 0 Å². The highest BCUT2D eigenvalue weighted by Gasteiger charge is 2.29. The van der Waals surface area contributed by atoms with Gasteiger partial charge >= 0.3 is 12.1 Å². The summed E-state index contributed by atoms with van der Waals surface area (Å²) >= 11 is 0. The number of rotatable bonds is 4. The summed E-state index contributed by atoms with van der Waals surface area (Å²) in [6.07, 6.45) is 2.34. The fraction of sp³-hybridized carbons (Fsp3) is 0.150. The van der Waals surface area contributed by atoms with E-state index in [-0.39, 0.29) is 17.7 Å². The zero-order chi connectivity index (χ0) is 18.6. The summed E-state index contributed by atoms with van der Waals surface area (Å²) in [7, 11) is 0. The van der Waals surface area contributed by atoms with Gasteiger partial charge in [0.15, 0.2) is 0 Å². The summed E-state index contributed by atoms with van der Waals surface area (Å²) in [5.41, 5.74) is 2.97. The quantitative estimate of drug-likeness (QED) is 0.875. The molecular formula is C20H18N4O3. The van der Waals surface area contributed by atoms with Crippen molar-refractivity contribution in [3.05, 3.63) is 77.7 Å². The maximum atomic E-state index is 12.5. The smallest absolute Gasteiger partial charge is 0.345 e. The Hall–Kier alpha value is -3.61. The van der Waals surface area contributed by atoms with Crippen molar-refractivity contribution in [1.82, 2.24) is 10.2 Å². The van der Waals surface area contributed by atoms with Crippen LogP contribution < -0.4 is 10.6 Å². The minimum absolute atomic E-state index is 0.108. The maximum Gasteiger partial charge on any atom is 0.345 e. The second kappa shape index (κ2) is 7.33. The van der Waals surface area contributed by atoms with E-state index in [0.717, 1.165) is 12.0 Å². The van der Waals surface area contributed by atoms with Crippen LogP contribution in [0.4, 0.5) is 10.5 Å². The van der Waals surface area contributed by atoms with Gasteiger partial charge in [0, 0.05) is 18.8 Å². The number of fused-ring (bicyclic) bond motifs is 1. The van der Waals surface area contributed by atoms with Crippen LogP contribution >= 0.6 is 0 Å². The van der Waals surface area contributed by atoms with E-state index in [4.69, 9.17) is 4.74 Å². The van der Waals surface area contributed by atoms with Gasteiger partial charge in [-0.25, -0.2) is 4.79 Å². The largest absolute Gasteiger partial charge is 0.418 e. The molecule has 0 radical (unpaired) electrons. The van der Waals surface area contributed by atoms with Crippen molar-refractivity contribution in [2.75, 3.05) is 18.4 Å². The molecule has 0 unspecified atom stereocenters. The molecule has 2 N–H and O–H groups in total. The summed E-state index contributed by atoms with van der Waals surface area (Å²) in [4.78, 5) is 29.4. The van der Waals surface area contributed by atoms with Crippen LogP contribution in [0, 0.1) is 0 Å². The van der Waals surface area contributed by atoms with Crippen LogP contribution in [-0.4, -0.2) is 35.9 Å². The van der Waals surface area contributed by atoms with E-state index in [9.17, 15) is 9.59 Å². The molecule has 0 fully saturated rings. The van der Waals surface area contributed by atoms with E-state index in [1.165, 1.54) is 5.56 Å². The highest BCUT2D eigenvalue weighted by Crippen LogP contribution is 2.19. The third kappa shape index (κ3) is 3.98. The number of amides is 3. The lowest BCUT2D eigenvalue weighted by atomic mass is 10.0. The summed E-state index contributed by atoms with van der Waals surface area (Å²) in [6.45, 7) is 0.927. The molecule has 0 saturated carbocycles. The van der Waals surface area contributed by atoms with Crippen molar-refractivity contribution < 1.29 is 14.3 Å². The predicted octanol–water partition coefficient (Wildman–Crippen LogP) is 2.47. The number of urea groups is 1. The number of ether oxygens (including phenoxy) is 1. The van der Waals surface area contributed by atoms with Crippen LogP contribution in [-0.2, 0) is 16.0 Å². The molecule has 0 aromatic heterocycles. The Morgan fingerprint density at radius 2 is 1.96 bits per heavy atom. The average Bonchev–Trinajstić information content (AvgIpc) is 2.97.